The van der Waals surface area contributed by atoms with Crippen molar-refractivity contribution >= 4 is 5.69 Å². The molecule has 0 bridgehead atoms. The van der Waals surface area contributed by atoms with E-state index < -0.39 is 17.4 Å². The van der Waals surface area contributed by atoms with Crippen LogP contribution in [-0.2, 0) is 6.54 Å². The topological polar surface area (TPSA) is 50.7 Å². The monoisotopic (exact) mass is 279 g/mol. The van der Waals surface area contributed by atoms with Gasteiger partial charge in [-0.3, -0.25) is 0 Å². The smallest absolute Gasteiger partial charge is 0.231 e. The molecule has 0 saturated carbocycles. The number of nitrogens with one attached hydrogen (secondary N) is 1. The molecule has 2 aromatic rings. The highest BCUT2D eigenvalue weighted by Gasteiger charge is 2.13. The fourth-order valence-corrected chi connectivity index (χ4v) is 1.93. The van der Waals surface area contributed by atoms with E-state index in [2.05, 4.69) is 5.32 Å². The lowest BCUT2D eigenvalue weighted by atomic mass is 10.2. The van der Waals surface area contributed by atoms with Gasteiger partial charge >= 0.3 is 0 Å². The molecular weight excluding hydrogens is 268 g/mol. The quantitative estimate of drug-likeness (QED) is 0.906. The summed E-state index contributed by atoms with van der Waals surface area (Å²) >= 11 is 0. The Balaban J connectivity index is 1.73. The van der Waals surface area contributed by atoms with Gasteiger partial charge in [0.15, 0.2) is 28.9 Å². The average Bonchev–Trinajstić information content (AvgIpc) is 2.89. The minimum atomic E-state index is -0.979. The molecule has 0 amide bonds. The van der Waals surface area contributed by atoms with Crippen molar-refractivity contribution in [1.29, 1.82) is 0 Å². The molecule has 20 heavy (non-hydrogen) atoms. The van der Waals surface area contributed by atoms with Crippen molar-refractivity contribution in [3.8, 4) is 17.2 Å². The van der Waals surface area contributed by atoms with E-state index in [1.807, 2.05) is 0 Å². The molecule has 0 saturated heterocycles. The summed E-state index contributed by atoms with van der Waals surface area (Å²) < 4.78 is 36.8. The number of hydrogen-bond donors (Lipinski definition) is 2. The van der Waals surface area contributed by atoms with Crippen molar-refractivity contribution in [2.45, 2.75) is 6.54 Å². The standard InChI is InChI=1S/C14H11F2NO3/c15-10-3-8(4-11(16)14(10)18)6-17-9-1-2-12-13(5-9)20-7-19-12/h1-5,17-18H,6-7H2. The van der Waals surface area contributed by atoms with Gasteiger partial charge in [0.1, 0.15) is 0 Å². The number of anilines is 1. The van der Waals surface area contributed by atoms with E-state index in [0.29, 0.717) is 17.1 Å². The molecule has 3 rings (SSSR count). The summed E-state index contributed by atoms with van der Waals surface area (Å²) in [5.41, 5.74) is 1.12. The largest absolute Gasteiger partial charge is 0.503 e. The lowest BCUT2D eigenvalue weighted by Gasteiger charge is -2.08. The van der Waals surface area contributed by atoms with Gasteiger partial charge in [-0.1, -0.05) is 0 Å². The number of ether oxygens (including phenoxy) is 2. The Hall–Kier alpha value is -2.50. The van der Waals surface area contributed by atoms with Gasteiger partial charge < -0.3 is 19.9 Å². The van der Waals surface area contributed by atoms with Crippen LogP contribution in [0.5, 0.6) is 17.2 Å². The predicted octanol–water partition coefficient (Wildman–Crippen LogP) is 3.01. The Morgan fingerprint density at radius 3 is 2.50 bits per heavy atom. The van der Waals surface area contributed by atoms with Crippen LogP contribution in [0.15, 0.2) is 30.3 Å². The molecule has 0 fully saturated rings. The molecule has 0 aromatic heterocycles. The molecule has 0 aliphatic carbocycles. The van der Waals surface area contributed by atoms with Crippen molar-refractivity contribution in [3.63, 3.8) is 0 Å². The minimum Gasteiger partial charge on any atom is -0.503 e. The van der Waals surface area contributed by atoms with Gasteiger partial charge in [0.2, 0.25) is 6.79 Å². The number of benzene rings is 2. The second kappa shape index (κ2) is 4.88. The molecule has 1 aliphatic heterocycles. The zero-order valence-corrected chi connectivity index (χ0v) is 10.3. The molecule has 2 aromatic carbocycles. The highest BCUT2D eigenvalue weighted by molar-refractivity contribution is 5.55. The third-order valence-electron chi connectivity index (χ3n) is 2.95. The van der Waals surface area contributed by atoms with E-state index in [9.17, 15) is 8.78 Å². The fourth-order valence-electron chi connectivity index (χ4n) is 1.93. The Bertz CT molecular complexity index is 638. The number of phenols is 1. The van der Waals surface area contributed by atoms with E-state index in [1.165, 1.54) is 0 Å². The normalized spacial score (nSPS) is 12.5. The number of phenolic OH excluding ortho intramolecular Hbond substituents is 1. The first-order valence-corrected chi connectivity index (χ1v) is 5.94. The second-order valence-corrected chi connectivity index (χ2v) is 4.33. The molecule has 6 heteroatoms. The third-order valence-corrected chi connectivity index (χ3v) is 2.95. The maximum atomic E-state index is 13.2. The van der Waals surface area contributed by atoms with E-state index >= 15 is 0 Å². The fraction of sp³-hybridized carbons (Fsp3) is 0.143. The molecule has 0 unspecified atom stereocenters. The van der Waals surface area contributed by atoms with Crippen molar-refractivity contribution in [2.24, 2.45) is 0 Å². The summed E-state index contributed by atoms with van der Waals surface area (Å²) in [6, 6.07) is 7.44. The van der Waals surface area contributed by atoms with Crippen molar-refractivity contribution < 1.29 is 23.4 Å². The van der Waals surface area contributed by atoms with Gasteiger partial charge in [0.05, 0.1) is 0 Å². The summed E-state index contributed by atoms with van der Waals surface area (Å²) in [4.78, 5) is 0. The first-order chi connectivity index (χ1) is 9.63. The van der Waals surface area contributed by atoms with Gasteiger partial charge in [-0.25, -0.2) is 8.78 Å². The van der Waals surface area contributed by atoms with E-state index in [-0.39, 0.29) is 13.3 Å². The number of hydrogen-bond acceptors (Lipinski definition) is 4. The lowest BCUT2D eigenvalue weighted by Crippen LogP contribution is -2.00. The first-order valence-electron chi connectivity index (χ1n) is 5.94. The van der Waals surface area contributed by atoms with E-state index in [1.54, 1.807) is 18.2 Å². The van der Waals surface area contributed by atoms with Crippen LogP contribution in [0.2, 0.25) is 0 Å². The van der Waals surface area contributed by atoms with E-state index in [4.69, 9.17) is 14.6 Å². The zero-order chi connectivity index (χ0) is 14.1. The minimum absolute atomic E-state index is 0.188. The summed E-state index contributed by atoms with van der Waals surface area (Å²) in [5, 5.41) is 12.0. The summed E-state index contributed by atoms with van der Waals surface area (Å²) in [6.07, 6.45) is 0. The van der Waals surface area contributed by atoms with Crippen LogP contribution in [0.4, 0.5) is 14.5 Å². The Kier molecular flexibility index (Phi) is 3.06. The number of aromatic hydroxyl groups is 1. The van der Waals surface area contributed by atoms with Gasteiger partial charge in [-0.05, 0) is 29.8 Å². The van der Waals surface area contributed by atoms with Crippen LogP contribution in [0.25, 0.3) is 0 Å². The molecular formula is C14H11F2NO3. The van der Waals surface area contributed by atoms with Gasteiger partial charge in [0.25, 0.3) is 0 Å². The molecule has 2 N–H and O–H groups in total. The van der Waals surface area contributed by atoms with Crippen LogP contribution in [0, 0.1) is 11.6 Å². The van der Waals surface area contributed by atoms with Crippen LogP contribution in [0.3, 0.4) is 0 Å². The first kappa shape index (κ1) is 12.5. The Morgan fingerprint density at radius 1 is 1.05 bits per heavy atom. The van der Waals surface area contributed by atoms with E-state index in [0.717, 1.165) is 17.8 Å². The molecule has 4 nitrogen and oxygen atoms in total. The molecule has 1 aliphatic rings. The van der Waals surface area contributed by atoms with Gasteiger partial charge in [0, 0.05) is 18.3 Å². The molecule has 1 heterocycles. The summed E-state index contributed by atoms with van der Waals surface area (Å²) in [7, 11) is 0. The second-order valence-electron chi connectivity index (χ2n) is 4.33. The maximum absolute atomic E-state index is 13.2. The van der Waals surface area contributed by atoms with Crippen LogP contribution in [-0.4, -0.2) is 11.9 Å². The SMILES string of the molecule is Oc1c(F)cc(CNc2ccc3c(c2)OCO3)cc1F. The Labute approximate surface area is 113 Å². The zero-order valence-electron chi connectivity index (χ0n) is 10.3. The van der Waals surface area contributed by atoms with Crippen molar-refractivity contribution in [1.82, 2.24) is 0 Å². The summed E-state index contributed by atoms with van der Waals surface area (Å²) in [6.45, 7) is 0.404. The molecule has 0 spiro atoms. The molecule has 0 radical (unpaired) electrons. The third kappa shape index (κ3) is 2.32. The van der Waals surface area contributed by atoms with Gasteiger partial charge in [-0.2, -0.15) is 0 Å². The molecule has 0 atom stereocenters. The van der Waals surface area contributed by atoms with Crippen LogP contribution >= 0.6 is 0 Å². The number of halogens is 2. The van der Waals surface area contributed by atoms with Crippen molar-refractivity contribution in [3.05, 3.63) is 47.5 Å². The number of rotatable bonds is 3. The number of fused-ring (bicyclic) bond motifs is 1. The van der Waals surface area contributed by atoms with Gasteiger partial charge in [-0.15, -0.1) is 0 Å². The lowest BCUT2D eigenvalue weighted by molar-refractivity contribution is 0.174. The van der Waals surface area contributed by atoms with Crippen LogP contribution in [0.1, 0.15) is 5.56 Å². The van der Waals surface area contributed by atoms with Crippen molar-refractivity contribution in [2.75, 3.05) is 12.1 Å². The predicted molar refractivity (Wildman–Crippen MR) is 67.9 cm³/mol. The summed E-state index contributed by atoms with van der Waals surface area (Å²) in [5.74, 6) is -1.63. The molecule has 104 valence electrons. The highest BCUT2D eigenvalue weighted by atomic mass is 19.1. The Morgan fingerprint density at radius 2 is 1.75 bits per heavy atom. The van der Waals surface area contributed by atoms with Crippen LogP contribution < -0.4 is 14.8 Å². The highest BCUT2D eigenvalue weighted by Crippen LogP contribution is 2.34. The maximum Gasteiger partial charge on any atom is 0.231 e. The average molecular weight is 279 g/mol.